The molecule has 47 heavy (non-hydrogen) atoms. The number of aromatic nitrogens is 3. The molecule has 0 unspecified atom stereocenters. The Morgan fingerprint density at radius 1 is 0.979 bits per heavy atom. The topological polar surface area (TPSA) is 98.9 Å². The van der Waals surface area contributed by atoms with Gasteiger partial charge in [0, 0.05) is 33.9 Å². The van der Waals surface area contributed by atoms with E-state index in [1.807, 2.05) is 60.0 Å². The first kappa shape index (κ1) is 30.6. The molecule has 2 aliphatic rings. The molecule has 0 saturated carbocycles. The first-order valence-corrected chi connectivity index (χ1v) is 16.5. The third-order valence-electron chi connectivity index (χ3n) is 8.93. The summed E-state index contributed by atoms with van der Waals surface area (Å²) < 4.78 is 12.7. The lowest BCUT2D eigenvalue weighted by molar-refractivity contribution is -0.141. The molecule has 0 radical (unpaired) electrons. The Bertz CT molecular complexity index is 2010. The summed E-state index contributed by atoms with van der Waals surface area (Å²) in [6, 6.07) is 23.4. The molecule has 0 aliphatic carbocycles. The Balaban J connectivity index is 1.22. The molecule has 1 atom stereocenters. The minimum absolute atomic E-state index is 0.0594. The SMILES string of the molecule is COC(=O)C[C@@H]1N=C(c2ccc(N3CCCc4ccc(C(=O)OCc5ccccc5)cc43)cc2)c2c(sc(C)c2C)-n2c(C)nnc21. The minimum Gasteiger partial charge on any atom is -0.469 e. The van der Waals surface area contributed by atoms with Crippen LogP contribution in [0.25, 0.3) is 5.00 Å². The summed E-state index contributed by atoms with van der Waals surface area (Å²) >= 11 is 1.68. The molecule has 0 spiro atoms. The van der Waals surface area contributed by atoms with Gasteiger partial charge in [-0.1, -0.05) is 48.5 Å². The highest BCUT2D eigenvalue weighted by atomic mass is 32.1. The standard InChI is InChI=1S/C37H35N5O4S/c1-22-23(2)47-36-33(22)34(38-30(20-32(43)45-4)35-40-39-24(3)42(35)36)27-14-16-29(17-15-27)41-18-8-11-26-12-13-28(19-31(26)41)37(44)46-21-25-9-6-5-7-10-25/h5-7,9-10,12-17,19,30H,8,11,18,20-21H2,1-4H3/t30-/m0/s1. The number of esters is 2. The van der Waals surface area contributed by atoms with Crippen LogP contribution in [0.4, 0.5) is 11.4 Å². The van der Waals surface area contributed by atoms with Crippen LogP contribution in [0.2, 0.25) is 0 Å². The molecule has 0 bridgehead atoms. The van der Waals surface area contributed by atoms with Gasteiger partial charge in [0.15, 0.2) is 5.82 Å². The molecule has 0 N–H and O–H groups in total. The second-order valence-corrected chi connectivity index (χ2v) is 13.1. The van der Waals surface area contributed by atoms with Crippen LogP contribution < -0.4 is 4.90 Å². The van der Waals surface area contributed by atoms with Gasteiger partial charge in [-0.05, 0) is 74.6 Å². The molecular weight excluding hydrogens is 611 g/mol. The number of nitrogens with zero attached hydrogens (tertiary/aromatic N) is 5. The van der Waals surface area contributed by atoms with Crippen LogP contribution >= 0.6 is 11.3 Å². The maximum Gasteiger partial charge on any atom is 0.338 e. The minimum atomic E-state index is -0.549. The Kier molecular flexibility index (Phi) is 8.19. The van der Waals surface area contributed by atoms with Crippen molar-refractivity contribution in [1.82, 2.24) is 14.8 Å². The molecule has 4 heterocycles. The number of hydrogen-bond acceptors (Lipinski definition) is 9. The summed E-state index contributed by atoms with van der Waals surface area (Å²) in [6.07, 6.45) is 2.01. The van der Waals surface area contributed by atoms with E-state index in [9.17, 15) is 9.59 Å². The molecule has 5 aromatic rings. The second kappa shape index (κ2) is 12.6. The molecule has 10 heteroatoms. The van der Waals surface area contributed by atoms with Crippen molar-refractivity contribution < 1.29 is 19.1 Å². The zero-order valence-corrected chi connectivity index (χ0v) is 27.6. The van der Waals surface area contributed by atoms with Crippen LogP contribution in [-0.2, 0) is 27.3 Å². The number of hydrogen-bond donors (Lipinski definition) is 0. The van der Waals surface area contributed by atoms with Gasteiger partial charge in [-0.25, -0.2) is 4.79 Å². The molecular formula is C37H35N5O4S. The van der Waals surface area contributed by atoms with Gasteiger partial charge in [-0.3, -0.25) is 14.4 Å². The highest BCUT2D eigenvalue weighted by Gasteiger charge is 2.33. The molecule has 0 amide bonds. The first-order valence-electron chi connectivity index (χ1n) is 15.7. The van der Waals surface area contributed by atoms with Gasteiger partial charge < -0.3 is 14.4 Å². The molecule has 9 nitrogen and oxygen atoms in total. The Labute approximate surface area is 277 Å². The smallest absolute Gasteiger partial charge is 0.338 e. The molecule has 238 valence electrons. The Hall–Kier alpha value is -5.09. The zero-order chi connectivity index (χ0) is 32.7. The third kappa shape index (κ3) is 5.74. The molecule has 0 saturated heterocycles. The first-order chi connectivity index (χ1) is 22.8. The van der Waals surface area contributed by atoms with Crippen molar-refractivity contribution in [1.29, 1.82) is 0 Å². The van der Waals surface area contributed by atoms with Crippen LogP contribution in [0.3, 0.4) is 0 Å². The van der Waals surface area contributed by atoms with E-state index in [1.54, 1.807) is 11.3 Å². The molecule has 2 aliphatic heterocycles. The summed E-state index contributed by atoms with van der Waals surface area (Å²) in [4.78, 5) is 34.2. The van der Waals surface area contributed by atoms with Gasteiger partial charge in [0.25, 0.3) is 0 Å². The number of benzene rings is 3. The van der Waals surface area contributed by atoms with Crippen molar-refractivity contribution in [3.8, 4) is 5.00 Å². The van der Waals surface area contributed by atoms with E-state index in [-0.39, 0.29) is 25.0 Å². The van der Waals surface area contributed by atoms with Crippen molar-refractivity contribution in [2.45, 2.75) is 52.7 Å². The number of carbonyl (C=O) groups excluding carboxylic acids is 2. The van der Waals surface area contributed by atoms with Gasteiger partial charge in [0.2, 0.25) is 0 Å². The molecule has 2 aromatic heterocycles. The lowest BCUT2D eigenvalue weighted by atomic mass is 9.97. The van der Waals surface area contributed by atoms with Crippen LogP contribution in [0.1, 0.15) is 73.6 Å². The van der Waals surface area contributed by atoms with Crippen molar-refractivity contribution in [2.24, 2.45) is 4.99 Å². The number of ether oxygens (including phenoxy) is 2. The number of aryl methyl sites for hydroxylation is 3. The molecule has 3 aromatic carbocycles. The lowest BCUT2D eigenvalue weighted by Crippen LogP contribution is -2.25. The number of methoxy groups -OCH3 is 1. The Morgan fingerprint density at radius 2 is 1.77 bits per heavy atom. The van der Waals surface area contributed by atoms with Crippen LogP contribution in [-0.4, -0.2) is 46.1 Å². The zero-order valence-electron chi connectivity index (χ0n) is 26.8. The average Bonchev–Trinajstić information content (AvgIpc) is 3.58. The van der Waals surface area contributed by atoms with E-state index in [0.717, 1.165) is 69.6 Å². The summed E-state index contributed by atoms with van der Waals surface area (Å²) in [5, 5.41) is 9.81. The van der Waals surface area contributed by atoms with E-state index in [4.69, 9.17) is 14.5 Å². The predicted octanol–water partition coefficient (Wildman–Crippen LogP) is 7.15. The van der Waals surface area contributed by atoms with Crippen molar-refractivity contribution in [2.75, 3.05) is 18.6 Å². The fraction of sp³-hybridized carbons (Fsp3) is 0.270. The van der Waals surface area contributed by atoms with E-state index in [2.05, 4.69) is 53.2 Å². The van der Waals surface area contributed by atoms with Crippen molar-refractivity contribution >= 4 is 40.4 Å². The van der Waals surface area contributed by atoms with E-state index in [0.29, 0.717) is 11.4 Å². The second-order valence-electron chi connectivity index (χ2n) is 11.9. The van der Waals surface area contributed by atoms with Gasteiger partial charge in [0.05, 0.1) is 24.8 Å². The molecule has 0 fully saturated rings. The molecule has 7 rings (SSSR count). The van der Waals surface area contributed by atoms with E-state index < -0.39 is 6.04 Å². The van der Waals surface area contributed by atoms with Gasteiger partial charge in [-0.2, -0.15) is 0 Å². The number of anilines is 2. The summed E-state index contributed by atoms with van der Waals surface area (Å²) in [6.45, 7) is 7.21. The summed E-state index contributed by atoms with van der Waals surface area (Å²) in [7, 11) is 1.39. The van der Waals surface area contributed by atoms with Crippen molar-refractivity contribution in [3.63, 3.8) is 0 Å². The Morgan fingerprint density at radius 3 is 2.53 bits per heavy atom. The van der Waals surface area contributed by atoms with Crippen LogP contribution in [0.5, 0.6) is 0 Å². The summed E-state index contributed by atoms with van der Waals surface area (Å²) in [5.41, 5.74) is 8.65. The number of aliphatic imine (C=N–C) groups is 1. The maximum absolute atomic E-state index is 13.0. The van der Waals surface area contributed by atoms with E-state index >= 15 is 0 Å². The summed E-state index contributed by atoms with van der Waals surface area (Å²) in [5.74, 6) is 0.681. The van der Waals surface area contributed by atoms with Crippen LogP contribution in [0.15, 0.2) is 77.8 Å². The number of fused-ring (bicyclic) bond motifs is 4. The monoisotopic (exact) mass is 645 g/mol. The fourth-order valence-electron chi connectivity index (χ4n) is 6.34. The van der Waals surface area contributed by atoms with Crippen LogP contribution in [0, 0.1) is 20.8 Å². The number of thiophene rings is 1. The number of carbonyl (C=O) groups is 2. The largest absolute Gasteiger partial charge is 0.469 e. The highest BCUT2D eigenvalue weighted by molar-refractivity contribution is 7.15. The van der Waals surface area contributed by atoms with Gasteiger partial charge >= 0.3 is 11.9 Å². The van der Waals surface area contributed by atoms with E-state index in [1.165, 1.54) is 17.6 Å². The van der Waals surface area contributed by atoms with Crippen molar-refractivity contribution in [3.05, 3.63) is 123 Å². The van der Waals surface area contributed by atoms with Gasteiger partial charge in [0.1, 0.15) is 23.5 Å². The predicted molar refractivity (Wildman–Crippen MR) is 182 cm³/mol. The fourth-order valence-corrected chi connectivity index (χ4v) is 7.56. The quantitative estimate of drug-likeness (QED) is 0.173. The maximum atomic E-state index is 13.0. The lowest BCUT2D eigenvalue weighted by Gasteiger charge is -2.32. The number of rotatable bonds is 7. The third-order valence-corrected chi connectivity index (χ3v) is 10.1. The highest BCUT2D eigenvalue weighted by Crippen LogP contribution is 2.40. The van der Waals surface area contributed by atoms with Gasteiger partial charge in [-0.15, -0.1) is 21.5 Å². The normalized spacial score (nSPS) is 15.2. The average molecular weight is 646 g/mol.